The topological polar surface area (TPSA) is 143 Å². The molecule has 2 rings (SSSR count). The van der Waals surface area contributed by atoms with Crippen LogP contribution in [-0.4, -0.2) is 52.0 Å². The summed E-state index contributed by atoms with van der Waals surface area (Å²) in [5.74, 6) is 4.43. The number of imide groups is 1. The van der Waals surface area contributed by atoms with E-state index in [1.165, 1.54) is 36.4 Å². The normalized spacial score (nSPS) is 13.8. The number of carbonyl (C=O) groups is 2. The third-order valence-corrected chi connectivity index (χ3v) is 12.4. The first-order valence-electron chi connectivity index (χ1n) is 11.5. The van der Waals surface area contributed by atoms with E-state index in [1.54, 1.807) is 13.0 Å². The van der Waals surface area contributed by atoms with Crippen molar-refractivity contribution in [3.8, 4) is 6.07 Å². The summed E-state index contributed by atoms with van der Waals surface area (Å²) < 4.78 is 29.9. The van der Waals surface area contributed by atoms with Crippen molar-refractivity contribution in [2.45, 2.75) is 62.9 Å². The zero-order valence-corrected chi connectivity index (χ0v) is 24.6. The summed E-state index contributed by atoms with van der Waals surface area (Å²) in [5.41, 5.74) is 0.751. The Morgan fingerprint density at radius 2 is 1.73 bits per heavy atom. The Kier molecular flexibility index (Phi) is 9.33. The number of sulfone groups is 1. The first-order chi connectivity index (χ1) is 16.9. The maximum Gasteiger partial charge on any atom is 0.274 e. The van der Waals surface area contributed by atoms with Crippen LogP contribution in [0.4, 0.5) is 5.69 Å². The van der Waals surface area contributed by atoms with Gasteiger partial charge in [0.05, 0.1) is 21.6 Å². The minimum absolute atomic E-state index is 0.0348. The Morgan fingerprint density at radius 3 is 2.19 bits per heavy atom. The van der Waals surface area contributed by atoms with E-state index >= 15 is 0 Å². The summed E-state index contributed by atoms with van der Waals surface area (Å²) in [7, 11) is -5.79. The summed E-state index contributed by atoms with van der Waals surface area (Å²) in [4.78, 5) is 26.6. The zero-order valence-electron chi connectivity index (χ0n) is 22.0. The van der Waals surface area contributed by atoms with Crippen LogP contribution < -0.4 is 11.2 Å². The quantitative estimate of drug-likeness (QED) is 0.208. The number of halogens is 1. The van der Waals surface area contributed by atoms with E-state index in [9.17, 15) is 18.0 Å². The highest BCUT2D eigenvalue weighted by Crippen LogP contribution is 2.38. The average Bonchev–Trinajstić information content (AvgIpc) is 2.79. The number of nitrogens with two attached hydrogens (primary N) is 1. The van der Waals surface area contributed by atoms with Gasteiger partial charge in [0, 0.05) is 17.5 Å². The van der Waals surface area contributed by atoms with E-state index in [0.29, 0.717) is 10.7 Å². The van der Waals surface area contributed by atoms with Crippen LogP contribution in [0.1, 0.15) is 43.6 Å². The van der Waals surface area contributed by atoms with Crippen molar-refractivity contribution in [2.75, 3.05) is 11.6 Å². The molecular formula is C25H33ClN4O5SSi. The van der Waals surface area contributed by atoms with Crippen molar-refractivity contribution >= 4 is 47.3 Å². The molecule has 37 heavy (non-hydrogen) atoms. The Labute approximate surface area is 224 Å². The summed E-state index contributed by atoms with van der Waals surface area (Å²) in [6.07, 6.45) is 0.354. The van der Waals surface area contributed by atoms with Gasteiger partial charge in [0.2, 0.25) is 0 Å². The largest absolute Gasteiger partial charge is 0.412 e. The molecule has 0 aliphatic carbocycles. The molecule has 2 atom stereocenters. The van der Waals surface area contributed by atoms with Gasteiger partial charge < -0.3 is 9.74 Å². The van der Waals surface area contributed by atoms with E-state index in [2.05, 4.69) is 26.1 Å². The standard InChI is InChI=1S/C25H33ClN4O5SSi/c1-16(35-37(6,7)25(2,3)4)22(29-19-11-8-18(15-27)21(26)14-19)24(32)30(28)23(31)17-9-12-20(13-10-17)36(5,33)34/h8-14,16,22,29H,28H2,1-7H3. The van der Waals surface area contributed by atoms with Crippen LogP contribution in [-0.2, 0) is 19.1 Å². The predicted octanol–water partition coefficient (Wildman–Crippen LogP) is 4.35. The smallest absolute Gasteiger partial charge is 0.274 e. The predicted molar refractivity (Wildman–Crippen MR) is 146 cm³/mol. The third-order valence-electron chi connectivity index (χ3n) is 6.42. The van der Waals surface area contributed by atoms with Gasteiger partial charge in [-0.1, -0.05) is 32.4 Å². The Morgan fingerprint density at radius 1 is 1.16 bits per heavy atom. The summed E-state index contributed by atoms with van der Waals surface area (Å²) >= 11 is 6.17. The number of nitrogens with one attached hydrogen (secondary N) is 1. The molecule has 0 fully saturated rings. The minimum Gasteiger partial charge on any atom is -0.412 e. The molecule has 9 nitrogen and oxygen atoms in total. The molecule has 12 heteroatoms. The molecule has 0 spiro atoms. The first-order valence-corrected chi connectivity index (χ1v) is 16.6. The van der Waals surface area contributed by atoms with Gasteiger partial charge in [-0.25, -0.2) is 19.3 Å². The van der Waals surface area contributed by atoms with Crippen molar-refractivity contribution in [3.63, 3.8) is 0 Å². The lowest BCUT2D eigenvalue weighted by Gasteiger charge is -2.40. The SMILES string of the molecule is CC(O[Si](C)(C)C(C)(C)C)C(Nc1ccc(C#N)c(Cl)c1)C(=O)N(N)C(=O)c1ccc(S(C)(=O)=O)cc1. The van der Waals surface area contributed by atoms with Gasteiger partial charge in [0.15, 0.2) is 18.2 Å². The highest BCUT2D eigenvalue weighted by atomic mass is 35.5. The van der Waals surface area contributed by atoms with Crippen molar-refractivity contribution in [3.05, 3.63) is 58.6 Å². The molecule has 2 aromatic rings. The Hall–Kier alpha value is -2.75. The molecule has 200 valence electrons. The number of hydrogen-bond acceptors (Lipinski definition) is 8. The second kappa shape index (κ2) is 11.3. The Bertz CT molecular complexity index is 1320. The van der Waals surface area contributed by atoms with E-state index < -0.39 is 42.1 Å². The summed E-state index contributed by atoms with van der Waals surface area (Å²) in [6.45, 7) is 12.0. The molecule has 3 N–H and O–H groups in total. The molecule has 0 bridgehead atoms. The monoisotopic (exact) mass is 564 g/mol. The number of nitriles is 1. The molecule has 0 saturated heterocycles. The number of anilines is 1. The average molecular weight is 565 g/mol. The second-order valence-electron chi connectivity index (χ2n) is 10.3. The van der Waals surface area contributed by atoms with Gasteiger partial charge in [-0.15, -0.1) is 0 Å². The van der Waals surface area contributed by atoms with Crippen LogP contribution in [0.5, 0.6) is 0 Å². The number of rotatable bonds is 8. The van der Waals surface area contributed by atoms with Crippen molar-refractivity contribution in [2.24, 2.45) is 5.84 Å². The van der Waals surface area contributed by atoms with Gasteiger partial charge in [-0.2, -0.15) is 5.26 Å². The fourth-order valence-electron chi connectivity index (χ4n) is 3.20. The molecule has 0 aromatic heterocycles. The number of amides is 2. The molecule has 0 radical (unpaired) electrons. The fraction of sp³-hybridized carbons (Fsp3) is 0.400. The third kappa shape index (κ3) is 7.40. The maximum absolute atomic E-state index is 13.5. The highest BCUT2D eigenvalue weighted by Gasteiger charge is 2.42. The summed E-state index contributed by atoms with van der Waals surface area (Å²) in [6, 6.07) is 10.7. The summed E-state index contributed by atoms with van der Waals surface area (Å²) in [5, 5.41) is 12.8. The van der Waals surface area contributed by atoms with Crippen LogP contribution >= 0.6 is 11.6 Å². The number of hydrogen-bond donors (Lipinski definition) is 2. The molecule has 2 aromatic carbocycles. The fourth-order valence-corrected chi connectivity index (χ4v) is 5.47. The first kappa shape index (κ1) is 30.5. The second-order valence-corrected chi connectivity index (χ2v) is 17.5. The molecule has 0 saturated carbocycles. The molecular weight excluding hydrogens is 532 g/mol. The van der Waals surface area contributed by atoms with Gasteiger partial charge in [0.1, 0.15) is 12.1 Å². The maximum atomic E-state index is 13.5. The van der Waals surface area contributed by atoms with E-state index in [1.807, 2.05) is 19.2 Å². The highest BCUT2D eigenvalue weighted by molar-refractivity contribution is 7.90. The molecule has 2 unspecified atom stereocenters. The van der Waals surface area contributed by atoms with Crippen LogP contribution in [0.2, 0.25) is 23.2 Å². The minimum atomic E-state index is -3.46. The van der Waals surface area contributed by atoms with Crippen molar-refractivity contribution in [1.82, 2.24) is 5.01 Å². The molecule has 0 heterocycles. The van der Waals surface area contributed by atoms with Crippen LogP contribution in [0.25, 0.3) is 0 Å². The van der Waals surface area contributed by atoms with Gasteiger partial charge >= 0.3 is 0 Å². The van der Waals surface area contributed by atoms with E-state index in [-0.39, 0.29) is 26.1 Å². The van der Waals surface area contributed by atoms with Crippen LogP contribution in [0, 0.1) is 11.3 Å². The molecule has 0 aliphatic rings. The molecule has 0 aliphatic heterocycles. The van der Waals surface area contributed by atoms with Gasteiger partial charge in [-0.3, -0.25) is 9.59 Å². The van der Waals surface area contributed by atoms with Gasteiger partial charge in [0.25, 0.3) is 11.8 Å². The van der Waals surface area contributed by atoms with Gasteiger partial charge in [-0.05, 0) is 67.5 Å². The zero-order chi connectivity index (χ0) is 28.3. The lowest BCUT2D eigenvalue weighted by atomic mass is 10.1. The molecule has 2 amide bonds. The van der Waals surface area contributed by atoms with E-state index in [4.69, 9.17) is 27.1 Å². The lowest BCUT2D eigenvalue weighted by Crippen LogP contribution is -2.56. The lowest BCUT2D eigenvalue weighted by molar-refractivity contribution is -0.131. The number of benzene rings is 2. The van der Waals surface area contributed by atoms with E-state index in [0.717, 1.165) is 6.26 Å². The van der Waals surface area contributed by atoms with Crippen LogP contribution in [0.15, 0.2) is 47.4 Å². The number of nitrogens with zero attached hydrogens (tertiary/aromatic N) is 2. The Balaban J connectivity index is 2.41. The van der Waals surface area contributed by atoms with Crippen molar-refractivity contribution < 1.29 is 22.4 Å². The number of carbonyl (C=O) groups excluding carboxylic acids is 2. The number of hydrazine groups is 1. The van der Waals surface area contributed by atoms with Crippen LogP contribution in [0.3, 0.4) is 0 Å². The van der Waals surface area contributed by atoms with Crippen molar-refractivity contribution in [1.29, 1.82) is 5.26 Å².